The van der Waals surface area contributed by atoms with Gasteiger partial charge in [-0.3, -0.25) is 24.1 Å². The van der Waals surface area contributed by atoms with Gasteiger partial charge in [-0.2, -0.15) is 0 Å². The van der Waals surface area contributed by atoms with E-state index in [0.29, 0.717) is 0 Å². The predicted molar refractivity (Wildman–Crippen MR) is 116 cm³/mol. The van der Waals surface area contributed by atoms with Gasteiger partial charge in [0, 0.05) is 28.2 Å². The second-order valence-corrected chi connectivity index (χ2v) is 11.2. The van der Waals surface area contributed by atoms with Crippen LogP contribution in [0.4, 0.5) is 0 Å². The molecule has 4 aliphatic rings. The van der Waals surface area contributed by atoms with Crippen molar-refractivity contribution in [2.24, 2.45) is 29.6 Å². The summed E-state index contributed by atoms with van der Waals surface area (Å²) < 4.78 is 0. The summed E-state index contributed by atoms with van der Waals surface area (Å²) in [4.78, 5) is 54.4. The van der Waals surface area contributed by atoms with Gasteiger partial charge in [-0.05, 0) is 30.2 Å². The fourth-order valence-corrected chi connectivity index (χ4v) is 9.48. The number of para-hydroxylation sites is 1. The highest BCUT2D eigenvalue weighted by Crippen LogP contribution is 2.68. The van der Waals surface area contributed by atoms with Crippen molar-refractivity contribution in [1.29, 1.82) is 0 Å². The van der Waals surface area contributed by atoms with Gasteiger partial charge in [-0.1, -0.05) is 29.5 Å². The number of hydrogen-bond donors (Lipinski definition) is 3. The lowest BCUT2D eigenvalue weighted by atomic mass is 9.68. The maximum Gasteiger partial charge on any atom is 0.305 e. The molecule has 0 radical (unpaired) electrons. The van der Waals surface area contributed by atoms with Gasteiger partial charge in [0.15, 0.2) is 0 Å². The van der Waals surface area contributed by atoms with Crippen molar-refractivity contribution < 1.29 is 24.6 Å². The SMILES string of the molecule is O=C(O)CCN1C(=O)[C@@H]2[C@H]3C[C@@H]([C@@H]2C1=O)[C@@H]1[C@@H](c2ccccc2O)c2sc(=O)[nH]c2S[C@@H]31. The number of nitrogens with zero attached hydrogens (tertiary/aromatic N) is 1. The number of amides is 2. The molecule has 3 heterocycles. The number of aliphatic carboxylic acids is 1. The molecule has 2 bridgehead atoms. The predicted octanol–water partition coefficient (Wildman–Crippen LogP) is 2.09. The first-order chi connectivity index (χ1) is 15.4. The van der Waals surface area contributed by atoms with Crippen molar-refractivity contribution in [1.82, 2.24) is 9.88 Å². The smallest absolute Gasteiger partial charge is 0.305 e. The van der Waals surface area contributed by atoms with Crippen LogP contribution in [0.2, 0.25) is 0 Å². The number of fused-ring (bicyclic) bond motifs is 9. The Labute approximate surface area is 190 Å². The number of H-pyrrole nitrogens is 1. The molecule has 1 aromatic heterocycles. The quantitative estimate of drug-likeness (QED) is 0.582. The van der Waals surface area contributed by atoms with Crippen LogP contribution in [-0.4, -0.2) is 49.7 Å². The largest absolute Gasteiger partial charge is 0.508 e. The number of aromatic amines is 1. The van der Waals surface area contributed by atoms with E-state index >= 15 is 0 Å². The lowest BCUT2D eigenvalue weighted by molar-refractivity contribution is -0.142. The molecule has 7 atom stereocenters. The molecule has 1 saturated heterocycles. The van der Waals surface area contributed by atoms with Crippen LogP contribution in [0, 0.1) is 29.6 Å². The number of carboxylic acids is 1. The highest BCUT2D eigenvalue weighted by atomic mass is 32.2. The molecule has 2 aliphatic carbocycles. The van der Waals surface area contributed by atoms with E-state index in [9.17, 15) is 24.3 Å². The fourth-order valence-electron chi connectivity index (χ4n) is 6.61. The average molecular weight is 473 g/mol. The molecular weight excluding hydrogens is 452 g/mol. The van der Waals surface area contributed by atoms with Crippen molar-refractivity contribution >= 4 is 40.9 Å². The third kappa shape index (κ3) is 2.62. The average Bonchev–Trinajstić information content (AvgIpc) is 3.46. The number of phenolic OH excluding ortho intramolecular Hbond substituents is 1. The van der Waals surface area contributed by atoms with Crippen molar-refractivity contribution in [3.8, 4) is 5.75 Å². The molecule has 2 aliphatic heterocycles. The second-order valence-electron chi connectivity index (χ2n) is 8.99. The zero-order valence-corrected chi connectivity index (χ0v) is 18.4. The van der Waals surface area contributed by atoms with Crippen molar-refractivity contribution in [2.75, 3.05) is 6.54 Å². The molecule has 10 heteroatoms. The van der Waals surface area contributed by atoms with Crippen LogP contribution in [0.5, 0.6) is 5.75 Å². The number of carboxylic acid groups (broad SMARTS) is 1. The van der Waals surface area contributed by atoms with E-state index < -0.39 is 17.8 Å². The Balaban J connectivity index is 1.43. The molecule has 3 fully saturated rings. The number of likely N-dealkylation sites (tertiary alicyclic amines) is 1. The Morgan fingerprint density at radius 3 is 2.56 bits per heavy atom. The van der Waals surface area contributed by atoms with Crippen molar-refractivity contribution in [3.05, 3.63) is 44.4 Å². The van der Waals surface area contributed by atoms with E-state index in [4.69, 9.17) is 5.11 Å². The Bertz CT molecular complexity index is 1220. The van der Waals surface area contributed by atoms with E-state index in [-0.39, 0.29) is 64.3 Å². The van der Waals surface area contributed by atoms with Gasteiger partial charge < -0.3 is 15.2 Å². The summed E-state index contributed by atoms with van der Waals surface area (Å²) in [6, 6.07) is 7.11. The monoisotopic (exact) mass is 472 g/mol. The standard InChI is InChI=1S/C22H20N2O6S2/c25-11-4-2-1-3-8(11)13-14-9-7-10(17(14)31-19-18(13)32-22(30)23-19)16-15(9)20(28)24(21(16)29)6-5-12(26)27/h1-4,9-10,13-17,25H,5-7H2,(H,23,30)(H,26,27)/t9-,10-,13-,14-,15+,16-,17+/m1/s1. The van der Waals surface area contributed by atoms with Crippen LogP contribution >= 0.6 is 23.1 Å². The van der Waals surface area contributed by atoms with Crippen LogP contribution in [0.1, 0.15) is 29.2 Å². The molecule has 2 amide bonds. The number of aromatic hydroxyl groups is 1. The summed E-state index contributed by atoms with van der Waals surface area (Å²) in [5, 5.41) is 20.5. The van der Waals surface area contributed by atoms with Crippen LogP contribution in [0.3, 0.4) is 0 Å². The number of carbonyl (C=O) groups excluding carboxylic acids is 2. The van der Waals surface area contributed by atoms with Crippen LogP contribution in [0.25, 0.3) is 0 Å². The Morgan fingerprint density at radius 1 is 1.12 bits per heavy atom. The van der Waals surface area contributed by atoms with Crippen molar-refractivity contribution in [2.45, 2.75) is 29.0 Å². The maximum atomic E-state index is 13.2. The molecule has 2 saturated carbocycles. The number of benzene rings is 1. The number of rotatable bonds is 4. The Morgan fingerprint density at radius 2 is 1.84 bits per heavy atom. The summed E-state index contributed by atoms with van der Waals surface area (Å²) in [7, 11) is 0. The number of aromatic nitrogens is 1. The number of thiazole rings is 1. The first-order valence-corrected chi connectivity index (χ1v) is 12.3. The third-order valence-electron chi connectivity index (χ3n) is 7.64. The minimum Gasteiger partial charge on any atom is -0.508 e. The van der Waals surface area contributed by atoms with Crippen LogP contribution in [-0.2, 0) is 14.4 Å². The van der Waals surface area contributed by atoms with Gasteiger partial charge in [-0.15, -0.1) is 11.8 Å². The molecule has 1 aromatic carbocycles. The van der Waals surface area contributed by atoms with Gasteiger partial charge in [0.25, 0.3) is 0 Å². The van der Waals surface area contributed by atoms with E-state index in [2.05, 4.69) is 4.98 Å². The van der Waals surface area contributed by atoms with Gasteiger partial charge in [0.05, 0.1) is 23.3 Å². The van der Waals surface area contributed by atoms with Crippen LogP contribution < -0.4 is 4.87 Å². The Hall–Kier alpha value is -2.59. The number of thioether (sulfide) groups is 1. The highest BCUT2D eigenvalue weighted by molar-refractivity contribution is 8.00. The molecule has 0 unspecified atom stereocenters. The minimum absolute atomic E-state index is 0.00896. The molecule has 0 spiro atoms. The van der Waals surface area contributed by atoms with E-state index in [0.717, 1.165) is 38.1 Å². The van der Waals surface area contributed by atoms with Crippen LogP contribution in [0.15, 0.2) is 34.1 Å². The molecule has 6 rings (SSSR count). The zero-order valence-electron chi connectivity index (χ0n) is 16.8. The van der Waals surface area contributed by atoms with Gasteiger partial charge in [-0.25, -0.2) is 0 Å². The summed E-state index contributed by atoms with van der Waals surface area (Å²) in [5.41, 5.74) is 0.739. The summed E-state index contributed by atoms with van der Waals surface area (Å²) >= 11 is 2.73. The van der Waals surface area contributed by atoms with Gasteiger partial charge >= 0.3 is 10.8 Å². The first-order valence-electron chi connectivity index (χ1n) is 10.6. The molecule has 8 nitrogen and oxygen atoms in total. The zero-order chi connectivity index (χ0) is 22.3. The van der Waals surface area contributed by atoms with Gasteiger partial charge in [0.1, 0.15) is 5.75 Å². The summed E-state index contributed by atoms with van der Waals surface area (Å²) in [5.74, 6) is -2.56. The number of hydrogen-bond acceptors (Lipinski definition) is 7. The third-order valence-corrected chi connectivity index (χ3v) is 10.2. The van der Waals surface area contributed by atoms with E-state index in [1.165, 1.54) is 0 Å². The summed E-state index contributed by atoms with van der Waals surface area (Å²) in [6.07, 6.45) is 0.498. The molecular formula is C22H20N2O6S2. The topological polar surface area (TPSA) is 128 Å². The highest BCUT2D eigenvalue weighted by Gasteiger charge is 2.69. The van der Waals surface area contributed by atoms with Crippen molar-refractivity contribution in [3.63, 3.8) is 0 Å². The second kappa shape index (κ2) is 6.95. The number of nitrogens with one attached hydrogen (secondary N) is 1. The molecule has 2 aromatic rings. The van der Waals surface area contributed by atoms with E-state index in [1.54, 1.807) is 23.9 Å². The lowest BCUT2D eigenvalue weighted by Gasteiger charge is -2.43. The number of carbonyl (C=O) groups is 3. The molecule has 32 heavy (non-hydrogen) atoms. The summed E-state index contributed by atoms with van der Waals surface area (Å²) in [6.45, 7) is -0.0918. The Kier molecular flexibility index (Phi) is 4.36. The fraction of sp³-hybridized carbons (Fsp3) is 0.455. The number of phenols is 1. The minimum atomic E-state index is -1.04. The van der Waals surface area contributed by atoms with Gasteiger partial charge in [0.2, 0.25) is 11.8 Å². The number of imide groups is 1. The maximum absolute atomic E-state index is 13.2. The van der Waals surface area contributed by atoms with E-state index in [1.807, 2.05) is 12.1 Å². The lowest BCUT2D eigenvalue weighted by Crippen LogP contribution is -2.42. The molecule has 166 valence electrons. The first kappa shape index (κ1) is 20.0. The normalized spacial score (nSPS) is 34.5. The molecule has 3 N–H and O–H groups in total.